The van der Waals surface area contributed by atoms with Gasteiger partial charge in [0.25, 0.3) is 0 Å². The second kappa shape index (κ2) is 27.9. The number of carbonyl (C=O) groups is 6. The maximum atomic E-state index is 13.6. The zero-order valence-corrected chi connectivity index (χ0v) is 52.0. The lowest BCUT2D eigenvalue weighted by Gasteiger charge is -2.40. The minimum atomic E-state index is -1.07. The van der Waals surface area contributed by atoms with E-state index in [1.165, 1.54) is 31.1 Å². The van der Waals surface area contributed by atoms with Crippen molar-refractivity contribution in [1.82, 2.24) is 25.1 Å². The minimum Gasteiger partial charge on any atom is -0.497 e. The fourth-order valence-electron chi connectivity index (χ4n) is 10.5. The topological polar surface area (TPSA) is 256 Å². The lowest BCUT2D eigenvalue weighted by atomic mass is 9.76. The first-order chi connectivity index (χ1) is 40.9. The number of nitrogens with one attached hydrogen (secondary N) is 1. The number of amides is 3. The largest absolute Gasteiger partial charge is 0.497 e. The Bertz CT molecular complexity index is 3420. The van der Waals surface area contributed by atoms with Gasteiger partial charge in [0.05, 0.1) is 71.1 Å². The van der Waals surface area contributed by atoms with E-state index in [0.29, 0.717) is 52.6 Å². The molecule has 466 valence electrons. The Hall–Kier alpha value is -8.43. The molecule has 4 aromatic carbocycles. The number of ether oxygens (including phenoxy) is 9. The van der Waals surface area contributed by atoms with Crippen molar-refractivity contribution in [3.05, 3.63) is 109 Å². The van der Waals surface area contributed by atoms with Gasteiger partial charge in [0, 0.05) is 59.0 Å². The monoisotopic (exact) mass is 1220 g/mol. The number of carbonyl (C=O) groups excluding carboxylic acids is 6. The van der Waals surface area contributed by atoms with Gasteiger partial charge in [-0.3, -0.25) is 19.4 Å². The molecule has 4 fully saturated rings. The van der Waals surface area contributed by atoms with E-state index in [-0.39, 0.29) is 44.3 Å². The highest BCUT2D eigenvalue weighted by Crippen LogP contribution is 2.39. The van der Waals surface area contributed by atoms with E-state index in [4.69, 9.17) is 53.6 Å². The summed E-state index contributed by atoms with van der Waals surface area (Å²) in [5.41, 5.74) is 7.14. The molecule has 2 saturated carbocycles. The highest BCUT2D eigenvalue weighted by molar-refractivity contribution is 5.94. The lowest BCUT2D eigenvalue weighted by Crippen LogP contribution is -2.62. The first-order valence-corrected chi connectivity index (χ1v) is 28.7. The summed E-state index contributed by atoms with van der Waals surface area (Å²) in [5.74, 6) is 0.831. The Kier molecular flexibility index (Phi) is 21.2. The maximum absolute atomic E-state index is 13.6. The highest BCUT2D eigenvalue weighted by atomic mass is 35.5. The summed E-state index contributed by atoms with van der Waals surface area (Å²) in [7, 11) is 7.19. The molecule has 2 aromatic heterocycles. The van der Waals surface area contributed by atoms with Crippen molar-refractivity contribution in [3.63, 3.8) is 0 Å². The van der Waals surface area contributed by atoms with Crippen molar-refractivity contribution in [1.29, 1.82) is 0 Å². The molecule has 21 nitrogen and oxygen atoms in total. The number of aromatic nitrogens is 2. The third kappa shape index (κ3) is 16.0. The minimum absolute atomic E-state index is 0. The number of rotatable bonds is 13. The summed E-state index contributed by atoms with van der Waals surface area (Å²) in [5, 5.41) is 4.46. The van der Waals surface area contributed by atoms with Gasteiger partial charge in [-0.15, -0.1) is 12.4 Å². The molecule has 3 amide bonds. The number of nitrogens with zero attached hydrogens (tertiary/aromatic N) is 4. The molecule has 2 saturated heterocycles. The van der Waals surface area contributed by atoms with E-state index in [2.05, 4.69) is 10.1 Å². The first kappa shape index (κ1) is 66.1. The molecule has 2 aliphatic carbocycles. The molecular formula is C65H79ClN6O15. The fourth-order valence-corrected chi connectivity index (χ4v) is 10.5. The number of pyridine rings is 2. The zero-order chi connectivity index (χ0) is 62.1. The highest BCUT2D eigenvalue weighted by Gasteiger charge is 2.51. The molecule has 0 radical (unpaired) electrons. The Morgan fingerprint density at radius 2 is 0.977 bits per heavy atom. The third-order valence-electron chi connectivity index (χ3n) is 15.2. The predicted octanol–water partition coefficient (Wildman–Crippen LogP) is 10.2. The van der Waals surface area contributed by atoms with E-state index in [9.17, 15) is 28.8 Å². The summed E-state index contributed by atoms with van der Waals surface area (Å²) in [6.07, 6.45) is 2.70. The van der Waals surface area contributed by atoms with Gasteiger partial charge in [-0.2, -0.15) is 0 Å². The molecule has 3 N–H and O–H groups in total. The van der Waals surface area contributed by atoms with E-state index in [1.807, 2.05) is 109 Å². The number of hydrogen-bond donors (Lipinski definition) is 2. The van der Waals surface area contributed by atoms with E-state index >= 15 is 0 Å². The van der Waals surface area contributed by atoms with Gasteiger partial charge < -0.3 is 53.7 Å². The predicted molar refractivity (Wildman–Crippen MR) is 328 cm³/mol. The van der Waals surface area contributed by atoms with Crippen molar-refractivity contribution in [2.45, 2.75) is 139 Å². The van der Waals surface area contributed by atoms with Gasteiger partial charge in [-0.05, 0) is 104 Å². The first-order valence-electron chi connectivity index (χ1n) is 28.7. The van der Waals surface area contributed by atoms with Crippen LogP contribution in [-0.2, 0) is 42.9 Å². The molecule has 22 heteroatoms. The summed E-state index contributed by atoms with van der Waals surface area (Å²) in [6, 6.07) is 32.8. The Morgan fingerprint density at radius 1 is 0.552 bits per heavy atom. The molecule has 6 aromatic rings. The molecule has 0 spiro atoms. The van der Waals surface area contributed by atoms with Crippen LogP contribution in [0.1, 0.15) is 92.9 Å². The summed E-state index contributed by atoms with van der Waals surface area (Å²) >= 11 is 0. The number of likely N-dealkylation sites (tertiary alicyclic amines) is 2. The van der Waals surface area contributed by atoms with Crippen LogP contribution in [0.3, 0.4) is 0 Å². The number of fused-ring (bicyclic) bond motifs is 2. The average Bonchev–Trinajstić information content (AvgIpc) is 2.09. The van der Waals surface area contributed by atoms with Crippen LogP contribution < -0.4 is 30.0 Å². The molecule has 87 heavy (non-hydrogen) atoms. The second-order valence-corrected chi connectivity index (χ2v) is 23.7. The van der Waals surface area contributed by atoms with Gasteiger partial charge >= 0.3 is 30.1 Å². The molecule has 10 rings (SSSR count). The standard InChI is InChI=1S/C32H37N3O7.C27H30N2O6.C6H11NO2.ClH/c1-31(2,3)42-30(38)35-19-22(17-26(35)28(36)34-32(14-9-15-32)29(37)40-5)41-27-18-24(20-10-7-6-8-11-20)33-25-16-21(39-4)12-13-23(25)27;1-27(2,3)35-26(31)29-16-19(14-23(29)25(30)33-5)34-24-15-21(17-9-7-6-8-10-17)28-22-13-18(32-4)11-12-20(22)24;1-9-5(8)6(7)3-2-4-6;/h6-8,10-13,16,18,22,26H,9,14-15,17,19H2,1-5H3,(H,34,36);6-13,15,19,23H,14,16H2,1-5H3;2-4,7H2,1H3;1H/t22-,26+;19-,23+;;/m11../s1. The van der Waals surface area contributed by atoms with E-state index in [0.717, 1.165) is 53.3 Å². The third-order valence-corrected chi connectivity index (χ3v) is 15.2. The van der Waals surface area contributed by atoms with Crippen molar-refractivity contribution in [3.8, 4) is 45.5 Å². The summed E-state index contributed by atoms with van der Waals surface area (Å²) < 4.78 is 49.4. The normalized spacial score (nSPS) is 18.9. The maximum Gasteiger partial charge on any atom is 0.411 e. The molecule has 0 unspecified atom stereocenters. The van der Waals surface area contributed by atoms with Gasteiger partial charge in [0.1, 0.15) is 69.6 Å². The lowest BCUT2D eigenvalue weighted by molar-refractivity contribution is -0.155. The average molecular weight is 1220 g/mol. The Labute approximate surface area is 513 Å². The quantitative estimate of drug-likeness (QED) is 0.0805. The van der Waals surface area contributed by atoms with Crippen LogP contribution in [0.15, 0.2) is 109 Å². The van der Waals surface area contributed by atoms with Crippen molar-refractivity contribution in [2.75, 3.05) is 48.6 Å². The van der Waals surface area contributed by atoms with Gasteiger partial charge in [0.15, 0.2) is 0 Å². The fraction of sp³-hybridized carbons (Fsp3) is 0.446. The van der Waals surface area contributed by atoms with Crippen LogP contribution in [0.4, 0.5) is 9.59 Å². The second-order valence-electron chi connectivity index (χ2n) is 23.7. The number of benzene rings is 4. The number of hydrogen-bond acceptors (Lipinski definition) is 18. The van der Waals surface area contributed by atoms with Crippen LogP contribution in [0.2, 0.25) is 0 Å². The molecule has 4 aliphatic rings. The van der Waals surface area contributed by atoms with Crippen LogP contribution in [0, 0.1) is 0 Å². The Morgan fingerprint density at radius 3 is 1.33 bits per heavy atom. The van der Waals surface area contributed by atoms with Crippen LogP contribution >= 0.6 is 12.4 Å². The van der Waals surface area contributed by atoms with Crippen molar-refractivity contribution >= 4 is 70.2 Å². The van der Waals surface area contributed by atoms with Crippen molar-refractivity contribution in [2.24, 2.45) is 5.73 Å². The van der Waals surface area contributed by atoms with E-state index in [1.54, 1.807) is 55.8 Å². The number of methoxy groups -OCH3 is 5. The molecule has 4 atom stereocenters. The molecule has 4 heterocycles. The van der Waals surface area contributed by atoms with Gasteiger partial charge in [-0.25, -0.2) is 29.1 Å². The molecule has 0 bridgehead atoms. The molecule has 2 aliphatic heterocycles. The zero-order valence-electron chi connectivity index (χ0n) is 51.2. The Balaban J connectivity index is 0.000000217. The number of nitrogens with two attached hydrogens (primary N) is 1. The van der Waals surface area contributed by atoms with Crippen molar-refractivity contribution < 1.29 is 71.4 Å². The molecular weight excluding hydrogens is 1140 g/mol. The van der Waals surface area contributed by atoms with Gasteiger partial charge in [0.2, 0.25) is 5.91 Å². The summed E-state index contributed by atoms with van der Waals surface area (Å²) in [6.45, 7) is 11.0. The van der Waals surface area contributed by atoms with Crippen LogP contribution in [0.5, 0.6) is 23.0 Å². The van der Waals surface area contributed by atoms with E-state index < -0.39 is 76.6 Å². The number of esters is 3. The van der Waals surface area contributed by atoms with Gasteiger partial charge in [-0.1, -0.05) is 60.7 Å². The smallest absolute Gasteiger partial charge is 0.411 e. The van der Waals surface area contributed by atoms with Crippen LogP contribution in [0.25, 0.3) is 44.3 Å². The number of halogens is 1. The SMILES string of the molecule is COC(=O)C1(N)CCC1.COC(=O)C1(NC(=O)[C@@H]2C[C@@H](Oc3cc(-c4ccccc4)nc4cc(OC)ccc34)CN2C(=O)OC(C)(C)C)CCC1.COC(=O)[C@@H]1C[C@@H](Oc2cc(-c3ccccc3)nc3cc(OC)ccc23)CN1C(=O)OC(C)(C)C.Cl. The summed E-state index contributed by atoms with van der Waals surface area (Å²) in [4.78, 5) is 87.9. The van der Waals surface area contributed by atoms with Crippen LogP contribution in [-0.4, -0.2) is 151 Å².